The molecule has 1 aliphatic rings. The van der Waals surface area contributed by atoms with Crippen LogP contribution in [-0.2, 0) is 0 Å². The maximum atomic E-state index is 9.56. The molecule has 0 saturated carbocycles. The molecule has 3 nitrogen and oxygen atoms in total. The molecule has 1 unspecified atom stereocenters. The van der Waals surface area contributed by atoms with Crippen molar-refractivity contribution in [1.82, 2.24) is 9.88 Å². The van der Waals surface area contributed by atoms with Gasteiger partial charge in [-0.25, -0.2) is 0 Å². The van der Waals surface area contributed by atoms with Crippen molar-refractivity contribution in [2.45, 2.75) is 12.5 Å². The Morgan fingerprint density at radius 3 is 3.38 bits per heavy atom. The number of aromatic nitrogens is 1. The Hall–Kier alpha value is -1.51. The second-order valence-corrected chi connectivity index (χ2v) is 2.97. The summed E-state index contributed by atoms with van der Waals surface area (Å²) in [6.45, 7) is -2.34. The molecule has 0 bridgehead atoms. The van der Waals surface area contributed by atoms with Crippen LogP contribution in [0.1, 0.15) is 22.1 Å². The number of pyridine rings is 1. The summed E-state index contributed by atoms with van der Waals surface area (Å²) in [5, 5.41) is 9.56. The van der Waals surface area contributed by atoms with E-state index >= 15 is 0 Å². The van der Waals surface area contributed by atoms with Gasteiger partial charge in [0.15, 0.2) is 5.88 Å². The van der Waals surface area contributed by atoms with Gasteiger partial charge in [-0.3, -0.25) is 4.98 Å². The number of aliphatic hydroxyl groups is 1. The largest absolute Gasteiger partial charge is 0.495 e. The topological polar surface area (TPSA) is 36.4 Å². The smallest absolute Gasteiger partial charge is 0.182 e. The number of hydrogen-bond acceptors (Lipinski definition) is 3. The van der Waals surface area contributed by atoms with Gasteiger partial charge in [-0.2, -0.15) is 0 Å². The van der Waals surface area contributed by atoms with Gasteiger partial charge in [0, 0.05) is 23.5 Å². The Morgan fingerprint density at radius 1 is 1.77 bits per heavy atom. The molecule has 1 atom stereocenters. The fourth-order valence-electron chi connectivity index (χ4n) is 1.44. The van der Waals surface area contributed by atoms with Crippen LogP contribution in [0.15, 0.2) is 36.5 Å². The van der Waals surface area contributed by atoms with E-state index in [4.69, 9.17) is 4.11 Å². The van der Waals surface area contributed by atoms with Crippen LogP contribution in [0.3, 0.4) is 0 Å². The van der Waals surface area contributed by atoms with Gasteiger partial charge in [0.1, 0.15) is 0 Å². The van der Waals surface area contributed by atoms with Crippen LogP contribution in [0, 0.1) is 0 Å². The van der Waals surface area contributed by atoms with E-state index in [1.807, 2.05) is 6.07 Å². The highest BCUT2D eigenvalue weighted by Gasteiger charge is 2.23. The number of nitrogens with zero attached hydrogens (tertiary/aromatic N) is 2. The second-order valence-electron chi connectivity index (χ2n) is 2.97. The highest BCUT2D eigenvalue weighted by molar-refractivity contribution is 5.19. The van der Waals surface area contributed by atoms with Crippen molar-refractivity contribution in [2.24, 2.45) is 0 Å². The van der Waals surface area contributed by atoms with Gasteiger partial charge in [-0.05, 0) is 24.1 Å². The normalized spacial score (nSPS) is 26.2. The Bertz CT molecular complexity index is 402. The van der Waals surface area contributed by atoms with E-state index in [-0.39, 0.29) is 11.9 Å². The number of hydrogen-bond donors (Lipinski definition) is 1. The van der Waals surface area contributed by atoms with Crippen LogP contribution in [0.25, 0.3) is 0 Å². The first-order valence-electron chi connectivity index (χ1n) is 5.58. The summed E-state index contributed by atoms with van der Waals surface area (Å²) in [5.41, 5.74) is 0.791. The first-order chi connectivity index (χ1) is 7.50. The third-order valence-electron chi connectivity index (χ3n) is 2.15. The van der Waals surface area contributed by atoms with Gasteiger partial charge in [0.05, 0.1) is 6.04 Å². The Kier molecular flexibility index (Phi) is 1.25. The van der Waals surface area contributed by atoms with Crippen molar-refractivity contribution in [1.29, 1.82) is 0 Å². The minimum absolute atomic E-state index is 0.186. The van der Waals surface area contributed by atoms with Gasteiger partial charge in [-0.15, -0.1) is 0 Å². The SMILES string of the molecule is [2H]C([2H])([2H])N1C(O)=CCC1c1cccnc1. The molecule has 1 N–H and O–H groups in total. The molecule has 0 fully saturated rings. The molecule has 13 heavy (non-hydrogen) atoms. The Balaban J connectivity index is 2.31. The van der Waals surface area contributed by atoms with E-state index in [0.717, 1.165) is 10.5 Å². The highest BCUT2D eigenvalue weighted by atomic mass is 16.3. The zero-order chi connectivity index (χ0) is 11.8. The molecule has 1 aliphatic heterocycles. The standard InChI is InChI=1S/C10H12N2O/c1-12-9(4-5-10(12)13)8-3-2-6-11-7-8/h2-3,5-7,9,13H,4H2,1H3/i1D3. The average Bonchev–Trinajstić information content (AvgIpc) is 2.61. The molecule has 0 spiro atoms. The maximum absolute atomic E-state index is 9.56. The van der Waals surface area contributed by atoms with Crippen molar-refractivity contribution in [2.75, 3.05) is 6.98 Å². The van der Waals surface area contributed by atoms with E-state index in [0.29, 0.717) is 6.42 Å². The summed E-state index contributed by atoms with van der Waals surface area (Å²) in [5.74, 6) is -0.186. The molecule has 0 radical (unpaired) electrons. The highest BCUT2D eigenvalue weighted by Crippen LogP contribution is 2.30. The monoisotopic (exact) mass is 179 g/mol. The third-order valence-corrected chi connectivity index (χ3v) is 2.15. The number of aliphatic hydroxyl groups excluding tert-OH is 1. The van der Waals surface area contributed by atoms with Crippen molar-refractivity contribution < 1.29 is 9.22 Å². The summed E-state index contributed by atoms with van der Waals surface area (Å²) in [6.07, 6.45) is 5.25. The predicted octanol–water partition coefficient (Wildman–Crippen LogP) is 1.86. The van der Waals surface area contributed by atoms with E-state index in [2.05, 4.69) is 4.98 Å². The minimum Gasteiger partial charge on any atom is -0.495 e. The van der Waals surface area contributed by atoms with Crippen LogP contribution in [0.5, 0.6) is 0 Å². The van der Waals surface area contributed by atoms with E-state index in [9.17, 15) is 5.11 Å². The van der Waals surface area contributed by atoms with Gasteiger partial charge in [-0.1, -0.05) is 6.07 Å². The third kappa shape index (κ3) is 1.37. The van der Waals surface area contributed by atoms with Crippen LogP contribution in [-0.4, -0.2) is 22.0 Å². The Morgan fingerprint density at radius 2 is 2.69 bits per heavy atom. The molecule has 1 aromatic rings. The first-order valence-corrected chi connectivity index (χ1v) is 4.08. The van der Waals surface area contributed by atoms with Gasteiger partial charge in [0.2, 0.25) is 0 Å². The average molecular weight is 179 g/mol. The second kappa shape index (κ2) is 3.09. The maximum Gasteiger partial charge on any atom is 0.182 e. The molecular weight excluding hydrogens is 164 g/mol. The molecule has 0 aliphatic carbocycles. The van der Waals surface area contributed by atoms with Crippen molar-refractivity contribution in [3.63, 3.8) is 0 Å². The number of rotatable bonds is 1. The molecule has 2 rings (SSSR count). The fourth-order valence-corrected chi connectivity index (χ4v) is 1.44. The Labute approximate surface area is 81.5 Å². The van der Waals surface area contributed by atoms with Crippen LogP contribution < -0.4 is 0 Å². The van der Waals surface area contributed by atoms with Crippen LogP contribution in [0.4, 0.5) is 0 Å². The lowest BCUT2D eigenvalue weighted by Gasteiger charge is -2.22. The van der Waals surface area contributed by atoms with Gasteiger partial charge in [0.25, 0.3) is 0 Å². The predicted molar refractivity (Wildman–Crippen MR) is 50.1 cm³/mol. The van der Waals surface area contributed by atoms with E-state index in [1.165, 1.54) is 6.08 Å². The summed E-state index contributed by atoms with van der Waals surface area (Å²) < 4.78 is 22.1. The van der Waals surface area contributed by atoms with Crippen LogP contribution >= 0.6 is 0 Å². The molecule has 0 amide bonds. The molecule has 0 aromatic carbocycles. The van der Waals surface area contributed by atoms with Crippen molar-refractivity contribution >= 4 is 0 Å². The van der Waals surface area contributed by atoms with E-state index in [1.54, 1.807) is 18.5 Å². The zero-order valence-electron chi connectivity index (χ0n) is 10.0. The van der Waals surface area contributed by atoms with Gasteiger partial charge >= 0.3 is 0 Å². The molecule has 3 heteroatoms. The molecular formula is C10H12N2O. The summed E-state index contributed by atoms with van der Waals surface area (Å²) in [7, 11) is 0. The lowest BCUT2D eigenvalue weighted by atomic mass is 10.1. The lowest BCUT2D eigenvalue weighted by molar-refractivity contribution is 0.210. The zero-order valence-corrected chi connectivity index (χ0v) is 7.01. The quantitative estimate of drug-likeness (QED) is 0.714. The molecule has 68 valence electrons. The van der Waals surface area contributed by atoms with Gasteiger partial charge < -0.3 is 10.0 Å². The lowest BCUT2D eigenvalue weighted by Crippen LogP contribution is -2.18. The van der Waals surface area contributed by atoms with Crippen LogP contribution in [0.2, 0.25) is 0 Å². The van der Waals surface area contributed by atoms with Crippen molar-refractivity contribution in [3.05, 3.63) is 42.0 Å². The summed E-state index contributed by atoms with van der Waals surface area (Å²) >= 11 is 0. The van der Waals surface area contributed by atoms with Crippen molar-refractivity contribution in [3.8, 4) is 0 Å². The molecule has 0 saturated heterocycles. The summed E-state index contributed by atoms with van der Waals surface area (Å²) in [4.78, 5) is 5.00. The summed E-state index contributed by atoms with van der Waals surface area (Å²) in [6, 6.07) is 3.20. The molecule has 1 aromatic heterocycles. The minimum atomic E-state index is -2.34. The molecule has 2 heterocycles. The first kappa shape index (κ1) is 5.27. The van der Waals surface area contributed by atoms with E-state index < -0.39 is 6.98 Å². The fraction of sp³-hybridized carbons (Fsp3) is 0.300.